The molecule has 0 bridgehead atoms. The molecule has 0 amide bonds. The van der Waals surface area contributed by atoms with Gasteiger partial charge in [-0.25, -0.2) is 14.2 Å². The number of hydrogen-bond acceptors (Lipinski definition) is 7. The second-order valence-corrected chi connectivity index (χ2v) is 9.17. The first-order valence-electron chi connectivity index (χ1n) is 9.41. The number of rotatable bonds is 15. The van der Waals surface area contributed by atoms with Gasteiger partial charge in [0, 0.05) is 17.6 Å². The van der Waals surface area contributed by atoms with Crippen LogP contribution in [-0.2, 0) is 32.7 Å². The first-order valence-corrected chi connectivity index (χ1v) is 10.9. The lowest BCUT2D eigenvalue weighted by Crippen LogP contribution is -2.37. The number of unbranched alkanes of at least 4 members (excludes halogenated alkanes) is 1. The molecule has 0 radical (unpaired) electrons. The van der Waals surface area contributed by atoms with Crippen LogP contribution in [0.15, 0.2) is 24.3 Å². The number of carbonyl (C=O) groups excluding carboxylic acids is 2. The summed E-state index contributed by atoms with van der Waals surface area (Å²) in [5.74, 6) is -1.34. The van der Waals surface area contributed by atoms with E-state index < -0.39 is 32.5 Å². The normalized spacial score (nSPS) is 14.6. The van der Waals surface area contributed by atoms with Gasteiger partial charge in [0.1, 0.15) is 19.3 Å². The van der Waals surface area contributed by atoms with Crippen molar-refractivity contribution in [2.45, 2.75) is 39.2 Å². The monoisotopic (exact) mass is 436 g/mol. The van der Waals surface area contributed by atoms with E-state index >= 15 is 0 Å². The number of carbonyl (C=O) groups is 2. The topological polar surface area (TPSA) is 108 Å². The van der Waals surface area contributed by atoms with Crippen molar-refractivity contribution in [3.63, 3.8) is 0 Å². The zero-order valence-corrected chi connectivity index (χ0v) is 19.0. The van der Waals surface area contributed by atoms with Crippen molar-refractivity contribution >= 4 is 19.8 Å². The Kier molecular flexibility index (Phi) is 12.3. The van der Waals surface area contributed by atoms with Crippen molar-refractivity contribution in [2.24, 2.45) is 0 Å². The Morgan fingerprint density at radius 2 is 1.72 bits per heavy atom. The number of nitrogens with zero attached hydrogens (tertiary/aromatic N) is 1. The summed E-state index contributed by atoms with van der Waals surface area (Å²) in [6, 6.07) is 0. The van der Waals surface area contributed by atoms with Crippen LogP contribution in [0.4, 0.5) is 0 Å². The molecule has 9 nitrogen and oxygen atoms in total. The van der Waals surface area contributed by atoms with Gasteiger partial charge in [-0.1, -0.05) is 26.5 Å². The highest BCUT2D eigenvalue weighted by atomic mass is 31.2. The predicted molar refractivity (Wildman–Crippen MR) is 109 cm³/mol. The molecule has 0 aliphatic heterocycles. The van der Waals surface area contributed by atoms with Gasteiger partial charge in [-0.2, -0.15) is 0 Å². The lowest BCUT2D eigenvalue weighted by molar-refractivity contribution is -0.870. The maximum absolute atomic E-state index is 12.0. The van der Waals surface area contributed by atoms with Crippen LogP contribution < -0.4 is 0 Å². The quantitative estimate of drug-likeness (QED) is 0.137. The maximum Gasteiger partial charge on any atom is 0.472 e. The van der Waals surface area contributed by atoms with Gasteiger partial charge in [-0.05, 0) is 13.3 Å². The van der Waals surface area contributed by atoms with Crippen LogP contribution in [0.2, 0.25) is 0 Å². The average molecular weight is 436 g/mol. The highest BCUT2D eigenvalue weighted by Crippen LogP contribution is 2.43. The molecule has 29 heavy (non-hydrogen) atoms. The van der Waals surface area contributed by atoms with Gasteiger partial charge in [0.2, 0.25) is 0 Å². The van der Waals surface area contributed by atoms with Crippen molar-refractivity contribution in [3.8, 4) is 0 Å². The summed E-state index contributed by atoms with van der Waals surface area (Å²) in [5.41, 5.74) is 0.195. The molecule has 0 heterocycles. The summed E-state index contributed by atoms with van der Waals surface area (Å²) in [7, 11) is 1.36. The molecule has 2 unspecified atom stereocenters. The standard InChI is InChI=1S/C19H34NO8P/c1-8-9-11-25-19(22)16(4)13-17(28-18(21)15(2)3)14-27-29(23,24)26-12-10-20(5,6)7/h17H,2,4,8-14H2,1,3,5-7H3/p+1. The number of phosphoric acid groups is 1. The second-order valence-electron chi connectivity index (χ2n) is 7.72. The predicted octanol–water partition coefficient (Wildman–Crippen LogP) is 2.60. The Labute approximate surface area is 173 Å². The molecule has 0 aromatic rings. The summed E-state index contributed by atoms with van der Waals surface area (Å²) >= 11 is 0. The van der Waals surface area contributed by atoms with E-state index in [1.165, 1.54) is 6.92 Å². The van der Waals surface area contributed by atoms with Gasteiger partial charge in [-0.15, -0.1) is 0 Å². The van der Waals surface area contributed by atoms with Crippen molar-refractivity contribution in [3.05, 3.63) is 24.3 Å². The number of phosphoric ester groups is 1. The van der Waals surface area contributed by atoms with Gasteiger partial charge in [0.25, 0.3) is 0 Å². The van der Waals surface area contributed by atoms with Crippen molar-refractivity contribution in [1.82, 2.24) is 0 Å². The molecule has 0 rings (SSSR count). The Hall–Kier alpha value is -1.51. The molecule has 0 aliphatic carbocycles. The Morgan fingerprint density at radius 1 is 1.10 bits per heavy atom. The van der Waals surface area contributed by atoms with E-state index in [-0.39, 0.29) is 30.8 Å². The van der Waals surface area contributed by atoms with Crippen LogP contribution in [0.3, 0.4) is 0 Å². The first-order chi connectivity index (χ1) is 13.3. The summed E-state index contributed by atoms with van der Waals surface area (Å²) in [6.07, 6.45) is 0.428. The van der Waals surface area contributed by atoms with E-state index in [9.17, 15) is 19.0 Å². The first kappa shape index (κ1) is 27.5. The molecule has 0 saturated carbocycles. The van der Waals surface area contributed by atoms with Gasteiger partial charge < -0.3 is 18.9 Å². The van der Waals surface area contributed by atoms with Crippen molar-refractivity contribution < 1.29 is 42.1 Å². The van der Waals surface area contributed by atoms with E-state index in [1.807, 2.05) is 28.1 Å². The molecule has 0 aromatic heterocycles. The smallest absolute Gasteiger partial charge is 0.462 e. The lowest BCUT2D eigenvalue weighted by Gasteiger charge is -2.24. The minimum absolute atomic E-state index is 0.00393. The SMILES string of the molecule is C=C(C)C(=O)OC(COP(=O)(O)OCC[N+](C)(C)C)CC(=C)C(=O)OCCCC. The fourth-order valence-electron chi connectivity index (χ4n) is 1.80. The van der Waals surface area contributed by atoms with E-state index in [0.717, 1.165) is 6.42 Å². The zero-order chi connectivity index (χ0) is 22.7. The number of hydrogen-bond donors (Lipinski definition) is 1. The van der Waals surface area contributed by atoms with E-state index in [1.54, 1.807) is 0 Å². The van der Waals surface area contributed by atoms with E-state index in [2.05, 4.69) is 13.2 Å². The van der Waals surface area contributed by atoms with E-state index in [4.69, 9.17) is 18.5 Å². The summed E-state index contributed by atoms with van der Waals surface area (Å²) in [6.45, 7) is 10.8. The van der Waals surface area contributed by atoms with Crippen LogP contribution in [0.25, 0.3) is 0 Å². The number of likely N-dealkylation sites (N-methyl/N-ethyl adjacent to an activating group) is 1. The molecular weight excluding hydrogens is 401 g/mol. The average Bonchev–Trinajstić information content (AvgIpc) is 2.58. The Balaban J connectivity index is 4.85. The largest absolute Gasteiger partial charge is 0.472 e. The number of esters is 2. The van der Waals surface area contributed by atoms with Gasteiger partial charge in [0.05, 0.1) is 34.4 Å². The highest BCUT2D eigenvalue weighted by molar-refractivity contribution is 7.47. The fraction of sp³-hybridized carbons (Fsp3) is 0.684. The third-order valence-corrected chi connectivity index (χ3v) is 4.54. The second kappa shape index (κ2) is 12.9. The zero-order valence-electron chi connectivity index (χ0n) is 18.1. The Morgan fingerprint density at radius 3 is 2.24 bits per heavy atom. The molecule has 1 N–H and O–H groups in total. The van der Waals surface area contributed by atoms with E-state index in [0.29, 0.717) is 17.4 Å². The number of ether oxygens (including phenoxy) is 2. The van der Waals surface area contributed by atoms with Crippen LogP contribution in [0, 0.1) is 0 Å². The third-order valence-electron chi connectivity index (χ3n) is 3.56. The van der Waals surface area contributed by atoms with Crippen molar-refractivity contribution in [2.75, 3.05) is 47.5 Å². The Bertz CT molecular complexity index is 626. The summed E-state index contributed by atoms with van der Waals surface area (Å²) in [5, 5.41) is 0. The molecule has 0 saturated heterocycles. The highest BCUT2D eigenvalue weighted by Gasteiger charge is 2.27. The molecule has 0 spiro atoms. The van der Waals surface area contributed by atoms with Crippen molar-refractivity contribution in [1.29, 1.82) is 0 Å². The van der Waals surface area contributed by atoms with Crippen LogP contribution in [0.5, 0.6) is 0 Å². The van der Waals surface area contributed by atoms with Gasteiger partial charge >= 0.3 is 19.8 Å². The molecular formula is C19H35NO8P+. The molecule has 2 atom stereocenters. The summed E-state index contributed by atoms with van der Waals surface area (Å²) in [4.78, 5) is 33.6. The molecule has 168 valence electrons. The van der Waals surface area contributed by atoms with Crippen LogP contribution >= 0.6 is 7.82 Å². The minimum Gasteiger partial charge on any atom is -0.462 e. The number of quaternary nitrogens is 1. The molecule has 10 heteroatoms. The minimum atomic E-state index is -4.36. The molecule has 0 fully saturated rings. The van der Waals surface area contributed by atoms with Gasteiger partial charge in [-0.3, -0.25) is 9.05 Å². The summed E-state index contributed by atoms with van der Waals surface area (Å²) < 4.78 is 32.7. The van der Waals surface area contributed by atoms with Crippen LogP contribution in [-0.4, -0.2) is 74.9 Å². The van der Waals surface area contributed by atoms with Gasteiger partial charge in [0.15, 0.2) is 0 Å². The van der Waals surface area contributed by atoms with Crippen LogP contribution in [0.1, 0.15) is 33.1 Å². The molecule has 0 aliphatic rings. The fourth-order valence-corrected chi connectivity index (χ4v) is 2.54. The molecule has 0 aromatic carbocycles. The third kappa shape index (κ3) is 14.2. The lowest BCUT2D eigenvalue weighted by atomic mass is 10.1. The maximum atomic E-state index is 12.0.